The summed E-state index contributed by atoms with van der Waals surface area (Å²) >= 11 is 3.53. The highest BCUT2D eigenvalue weighted by atomic mass is 79.9. The summed E-state index contributed by atoms with van der Waals surface area (Å²) in [6, 6.07) is 5.68. The normalized spacial score (nSPS) is 21.1. The van der Waals surface area contributed by atoms with Gasteiger partial charge >= 0.3 is 5.97 Å². The Hall–Kier alpha value is -2.08. The fourth-order valence-electron chi connectivity index (χ4n) is 4.18. The van der Waals surface area contributed by atoms with Crippen molar-refractivity contribution in [3.63, 3.8) is 0 Å². The van der Waals surface area contributed by atoms with Gasteiger partial charge in [0.05, 0.1) is 23.3 Å². The molecule has 0 saturated heterocycles. The lowest BCUT2D eigenvalue weighted by Crippen LogP contribution is -2.39. The monoisotopic (exact) mass is 461 g/mol. The molecule has 3 rings (SSSR count). The first-order chi connectivity index (χ1) is 13.5. The maximum absolute atomic E-state index is 13.2. The van der Waals surface area contributed by atoms with Crippen molar-refractivity contribution in [2.24, 2.45) is 5.41 Å². The Bertz CT molecular complexity index is 927. The Labute approximate surface area is 180 Å². The van der Waals surface area contributed by atoms with Crippen LogP contribution in [0.5, 0.6) is 5.75 Å². The van der Waals surface area contributed by atoms with Crippen molar-refractivity contribution in [1.29, 1.82) is 0 Å². The number of ether oxygens (including phenoxy) is 2. The van der Waals surface area contributed by atoms with Gasteiger partial charge in [-0.2, -0.15) is 0 Å². The standard InChI is InChI=1S/C23H28BrNO4/c1-12(2)29-22(27)19-13(3)25-16-10-23(4,5)11-17(26)21(16)20(19)14-7-8-18(28-6)15(24)9-14/h7-9,12,20,25H,10-11H2,1-6H3. The van der Waals surface area contributed by atoms with Gasteiger partial charge in [0.25, 0.3) is 0 Å². The van der Waals surface area contributed by atoms with E-state index in [9.17, 15) is 9.59 Å². The number of Topliss-reactive ketones (excluding diaryl/α,β-unsaturated/α-hetero) is 1. The van der Waals surface area contributed by atoms with Crippen LogP contribution in [-0.4, -0.2) is 25.0 Å². The first-order valence-electron chi connectivity index (χ1n) is 9.82. The SMILES string of the molecule is COc1ccc(C2C(C(=O)OC(C)C)=C(C)NC3=C2C(=O)CC(C)(C)C3)cc1Br. The van der Waals surface area contributed by atoms with Gasteiger partial charge in [-0.1, -0.05) is 19.9 Å². The minimum atomic E-state index is -0.469. The zero-order chi connectivity index (χ0) is 21.5. The maximum atomic E-state index is 13.2. The smallest absolute Gasteiger partial charge is 0.337 e. The van der Waals surface area contributed by atoms with Crippen molar-refractivity contribution in [2.45, 2.75) is 59.5 Å². The number of hydrogen-bond donors (Lipinski definition) is 1. The molecule has 0 fully saturated rings. The summed E-state index contributed by atoms with van der Waals surface area (Å²) < 4.78 is 11.7. The molecule has 156 valence electrons. The van der Waals surface area contributed by atoms with E-state index in [0.717, 1.165) is 27.9 Å². The molecular formula is C23H28BrNO4. The third-order valence-electron chi connectivity index (χ3n) is 5.31. The summed E-state index contributed by atoms with van der Waals surface area (Å²) in [6.45, 7) is 9.70. The second-order valence-electron chi connectivity index (χ2n) is 8.78. The number of methoxy groups -OCH3 is 1. The number of ketones is 1. The predicted molar refractivity (Wildman–Crippen MR) is 116 cm³/mol. The molecule has 1 heterocycles. The number of esters is 1. The van der Waals surface area contributed by atoms with Gasteiger partial charge in [-0.05, 0) is 66.2 Å². The highest BCUT2D eigenvalue weighted by Gasteiger charge is 2.43. The van der Waals surface area contributed by atoms with E-state index < -0.39 is 11.9 Å². The highest BCUT2D eigenvalue weighted by Crippen LogP contribution is 2.47. The van der Waals surface area contributed by atoms with Crippen LogP contribution >= 0.6 is 15.9 Å². The number of halogens is 1. The summed E-state index contributed by atoms with van der Waals surface area (Å²) in [5, 5.41) is 3.35. The molecule has 0 bridgehead atoms. The number of carbonyl (C=O) groups excluding carboxylic acids is 2. The Morgan fingerprint density at radius 2 is 1.97 bits per heavy atom. The maximum Gasteiger partial charge on any atom is 0.337 e. The minimum Gasteiger partial charge on any atom is -0.496 e. The van der Waals surface area contributed by atoms with Gasteiger partial charge in [0.2, 0.25) is 0 Å². The van der Waals surface area contributed by atoms with Crippen molar-refractivity contribution in [3.8, 4) is 5.75 Å². The molecule has 0 saturated carbocycles. The number of nitrogens with one attached hydrogen (secondary N) is 1. The molecule has 29 heavy (non-hydrogen) atoms. The molecule has 1 unspecified atom stereocenters. The Balaban J connectivity index is 2.18. The fraction of sp³-hybridized carbons (Fsp3) is 0.478. The number of dihydropyridines is 1. The number of carbonyl (C=O) groups is 2. The highest BCUT2D eigenvalue weighted by molar-refractivity contribution is 9.10. The third-order valence-corrected chi connectivity index (χ3v) is 5.93. The third kappa shape index (κ3) is 4.27. The summed E-state index contributed by atoms with van der Waals surface area (Å²) in [4.78, 5) is 26.3. The summed E-state index contributed by atoms with van der Waals surface area (Å²) in [5.41, 5.74) is 3.53. The number of rotatable bonds is 4. The van der Waals surface area contributed by atoms with Crippen molar-refractivity contribution >= 4 is 27.7 Å². The van der Waals surface area contributed by atoms with Gasteiger partial charge < -0.3 is 14.8 Å². The average Bonchev–Trinajstić information content (AvgIpc) is 2.58. The first-order valence-corrected chi connectivity index (χ1v) is 10.6. The van der Waals surface area contributed by atoms with Crippen LogP contribution in [0.15, 0.2) is 45.2 Å². The largest absolute Gasteiger partial charge is 0.496 e. The molecule has 0 radical (unpaired) electrons. The van der Waals surface area contributed by atoms with Crippen LogP contribution in [-0.2, 0) is 14.3 Å². The zero-order valence-electron chi connectivity index (χ0n) is 17.8. The molecule has 1 aromatic carbocycles. The fourth-order valence-corrected chi connectivity index (χ4v) is 4.74. The summed E-state index contributed by atoms with van der Waals surface area (Å²) in [5.74, 6) is -0.0996. The number of allylic oxidation sites excluding steroid dienone is 3. The van der Waals surface area contributed by atoms with E-state index in [1.807, 2.05) is 39.0 Å². The van der Waals surface area contributed by atoms with E-state index in [2.05, 4.69) is 35.1 Å². The molecule has 5 nitrogen and oxygen atoms in total. The molecular weight excluding hydrogens is 434 g/mol. The summed E-state index contributed by atoms with van der Waals surface area (Å²) in [7, 11) is 1.60. The van der Waals surface area contributed by atoms with Crippen molar-refractivity contribution in [3.05, 3.63) is 50.8 Å². The average molecular weight is 462 g/mol. The zero-order valence-corrected chi connectivity index (χ0v) is 19.4. The van der Waals surface area contributed by atoms with E-state index >= 15 is 0 Å². The molecule has 1 aromatic rings. The van der Waals surface area contributed by atoms with Gasteiger partial charge in [0, 0.05) is 29.3 Å². The van der Waals surface area contributed by atoms with Crippen LogP contribution in [0.1, 0.15) is 58.9 Å². The Kier molecular flexibility index (Phi) is 5.95. The van der Waals surface area contributed by atoms with Gasteiger partial charge in [0.1, 0.15) is 5.75 Å². The number of benzene rings is 1. The molecule has 1 aliphatic carbocycles. The topological polar surface area (TPSA) is 64.6 Å². The van der Waals surface area contributed by atoms with Gasteiger partial charge in [0.15, 0.2) is 5.78 Å². The Morgan fingerprint density at radius 1 is 1.28 bits per heavy atom. The predicted octanol–water partition coefficient (Wildman–Crippen LogP) is 5.01. The lowest BCUT2D eigenvalue weighted by molar-refractivity contribution is -0.143. The molecule has 0 aromatic heterocycles. The van der Waals surface area contributed by atoms with Crippen molar-refractivity contribution in [2.75, 3.05) is 7.11 Å². The van der Waals surface area contributed by atoms with E-state index in [0.29, 0.717) is 23.3 Å². The van der Waals surface area contributed by atoms with E-state index in [4.69, 9.17) is 9.47 Å². The number of hydrogen-bond acceptors (Lipinski definition) is 5. The van der Waals surface area contributed by atoms with Crippen molar-refractivity contribution in [1.82, 2.24) is 5.32 Å². The molecule has 1 N–H and O–H groups in total. The molecule has 6 heteroatoms. The van der Waals surface area contributed by atoms with Crippen LogP contribution in [0.25, 0.3) is 0 Å². The van der Waals surface area contributed by atoms with Crippen LogP contribution in [0.2, 0.25) is 0 Å². The molecule has 1 aliphatic heterocycles. The van der Waals surface area contributed by atoms with Gasteiger partial charge in [-0.25, -0.2) is 4.79 Å². The van der Waals surface area contributed by atoms with Gasteiger partial charge in [-0.3, -0.25) is 4.79 Å². The Morgan fingerprint density at radius 3 is 2.55 bits per heavy atom. The van der Waals surface area contributed by atoms with E-state index in [1.54, 1.807) is 7.11 Å². The van der Waals surface area contributed by atoms with Crippen LogP contribution in [0.3, 0.4) is 0 Å². The van der Waals surface area contributed by atoms with Crippen LogP contribution < -0.4 is 10.1 Å². The van der Waals surface area contributed by atoms with Crippen molar-refractivity contribution < 1.29 is 19.1 Å². The lowest BCUT2D eigenvalue weighted by Gasteiger charge is -2.39. The molecule has 0 amide bonds. The first kappa shape index (κ1) is 21.6. The summed E-state index contributed by atoms with van der Waals surface area (Å²) in [6.07, 6.45) is 0.959. The lowest BCUT2D eigenvalue weighted by atomic mass is 9.68. The second-order valence-corrected chi connectivity index (χ2v) is 9.63. The van der Waals surface area contributed by atoms with E-state index in [1.165, 1.54) is 0 Å². The van der Waals surface area contributed by atoms with Crippen LogP contribution in [0, 0.1) is 5.41 Å². The minimum absolute atomic E-state index is 0.0723. The van der Waals surface area contributed by atoms with Crippen LogP contribution in [0.4, 0.5) is 0 Å². The quantitative estimate of drug-likeness (QED) is 0.638. The van der Waals surface area contributed by atoms with Gasteiger partial charge in [-0.15, -0.1) is 0 Å². The second kappa shape index (κ2) is 7.98. The molecule has 2 aliphatic rings. The molecule has 0 spiro atoms. The molecule has 1 atom stereocenters. The van der Waals surface area contributed by atoms with E-state index in [-0.39, 0.29) is 17.3 Å².